The predicted molar refractivity (Wildman–Crippen MR) is 70.7 cm³/mol. The highest BCUT2D eigenvalue weighted by Crippen LogP contribution is 2.22. The van der Waals surface area contributed by atoms with Gasteiger partial charge in [-0.15, -0.1) is 0 Å². The number of rotatable bonds is 8. The van der Waals surface area contributed by atoms with Crippen LogP contribution in [0.3, 0.4) is 0 Å². The number of carbonyl (C=O) groups is 1. The highest BCUT2D eigenvalue weighted by Gasteiger charge is 2.15. The Morgan fingerprint density at radius 1 is 1.00 bits per heavy atom. The molecule has 0 saturated heterocycles. The standard InChI is InChI=1S/C7H17N3O3S3/c8-4(1-15-16-3-6(10)12)7(13)14-2-5(9)11/h4-6,11-12H,1-3,8-10H2. The summed E-state index contributed by atoms with van der Waals surface area (Å²) >= 11 is 0.921. The van der Waals surface area contributed by atoms with Crippen molar-refractivity contribution < 1.29 is 15.0 Å². The van der Waals surface area contributed by atoms with E-state index in [2.05, 4.69) is 0 Å². The molecule has 0 aliphatic heterocycles. The highest BCUT2D eigenvalue weighted by molar-refractivity contribution is 8.76. The number of carbonyl (C=O) groups excluding carboxylic acids is 1. The molecule has 0 aliphatic carbocycles. The summed E-state index contributed by atoms with van der Waals surface area (Å²) in [5.41, 5.74) is 15.8. The largest absolute Gasteiger partial charge is 0.378 e. The van der Waals surface area contributed by atoms with Gasteiger partial charge in [0.25, 0.3) is 0 Å². The Labute approximate surface area is 106 Å². The maximum Gasteiger partial charge on any atom is 0.206 e. The summed E-state index contributed by atoms with van der Waals surface area (Å²) in [6, 6.07) is -0.601. The minimum Gasteiger partial charge on any atom is -0.378 e. The Morgan fingerprint density at radius 2 is 1.50 bits per heavy atom. The van der Waals surface area contributed by atoms with Crippen molar-refractivity contribution in [2.45, 2.75) is 18.5 Å². The van der Waals surface area contributed by atoms with E-state index < -0.39 is 18.5 Å². The van der Waals surface area contributed by atoms with Gasteiger partial charge < -0.3 is 27.4 Å². The van der Waals surface area contributed by atoms with Crippen LogP contribution in [-0.2, 0) is 4.79 Å². The summed E-state index contributed by atoms with van der Waals surface area (Å²) in [5.74, 6) is 0.968. The van der Waals surface area contributed by atoms with E-state index in [1.54, 1.807) is 0 Å². The molecule has 6 nitrogen and oxygen atoms in total. The van der Waals surface area contributed by atoms with Gasteiger partial charge in [0.1, 0.15) is 12.5 Å². The summed E-state index contributed by atoms with van der Waals surface area (Å²) in [6.45, 7) is 0. The normalized spacial score (nSPS) is 16.8. The molecule has 0 rings (SSSR count). The Morgan fingerprint density at radius 3 is 2.00 bits per heavy atom. The molecule has 9 heteroatoms. The van der Waals surface area contributed by atoms with Crippen LogP contribution in [0.15, 0.2) is 0 Å². The monoisotopic (exact) mass is 287 g/mol. The zero-order valence-electron chi connectivity index (χ0n) is 8.61. The van der Waals surface area contributed by atoms with Gasteiger partial charge >= 0.3 is 0 Å². The molecule has 0 aliphatic rings. The third kappa shape index (κ3) is 9.73. The van der Waals surface area contributed by atoms with Crippen molar-refractivity contribution in [3.8, 4) is 0 Å². The number of hydrogen-bond donors (Lipinski definition) is 5. The van der Waals surface area contributed by atoms with E-state index in [-0.39, 0.29) is 10.9 Å². The van der Waals surface area contributed by atoms with Gasteiger partial charge in [0.15, 0.2) is 0 Å². The second kappa shape index (κ2) is 9.54. The summed E-state index contributed by atoms with van der Waals surface area (Å²) < 4.78 is 0. The molecule has 0 aromatic heterocycles. The third-order valence-electron chi connectivity index (χ3n) is 1.27. The van der Waals surface area contributed by atoms with Crippen molar-refractivity contribution in [1.82, 2.24) is 0 Å². The van der Waals surface area contributed by atoms with Crippen LogP contribution in [0, 0.1) is 0 Å². The fourth-order valence-corrected chi connectivity index (χ4v) is 3.39. The quantitative estimate of drug-likeness (QED) is 0.205. The number of hydrogen-bond acceptors (Lipinski definition) is 9. The fourth-order valence-electron chi connectivity index (χ4n) is 0.582. The van der Waals surface area contributed by atoms with E-state index in [9.17, 15) is 4.79 Å². The topological polar surface area (TPSA) is 136 Å². The minimum absolute atomic E-state index is 0.145. The highest BCUT2D eigenvalue weighted by atomic mass is 33.1. The first-order chi connectivity index (χ1) is 7.43. The van der Waals surface area contributed by atoms with Crippen LogP contribution in [0.1, 0.15) is 0 Å². The van der Waals surface area contributed by atoms with E-state index in [1.807, 2.05) is 0 Å². The van der Waals surface area contributed by atoms with Crippen LogP contribution in [-0.4, -0.2) is 51.1 Å². The number of aliphatic hydroxyl groups is 2. The van der Waals surface area contributed by atoms with Crippen molar-refractivity contribution >= 4 is 38.5 Å². The zero-order chi connectivity index (χ0) is 12.6. The fraction of sp³-hybridized carbons (Fsp3) is 0.857. The van der Waals surface area contributed by atoms with Gasteiger partial charge in [-0.25, -0.2) is 0 Å². The van der Waals surface area contributed by atoms with Crippen LogP contribution in [0.5, 0.6) is 0 Å². The van der Waals surface area contributed by atoms with Crippen molar-refractivity contribution in [2.24, 2.45) is 17.2 Å². The molecule has 3 unspecified atom stereocenters. The average Bonchev–Trinajstić information content (AvgIpc) is 2.20. The Bertz CT molecular complexity index is 207. The molecule has 0 radical (unpaired) electrons. The summed E-state index contributed by atoms with van der Waals surface area (Å²) in [4.78, 5) is 11.4. The Hall–Kier alpha value is 0.520. The van der Waals surface area contributed by atoms with Crippen molar-refractivity contribution in [3.63, 3.8) is 0 Å². The molecule has 96 valence electrons. The van der Waals surface area contributed by atoms with E-state index >= 15 is 0 Å². The maximum absolute atomic E-state index is 11.4. The van der Waals surface area contributed by atoms with Crippen molar-refractivity contribution in [3.05, 3.63) is 0 Å². The maximum atomic E-state index is 11.4. The molecule has 0 amide bonds. The molecular weight excluding hydrogens is 270 g/mol. The molecule has 0 aromatic carbocycles. The van der Waals surface area contributed by atoms with Gasteiger partial charge in [-0.3, -0.25) is 4.79 Å². The average molecular weight is 287 g/mol. The lowest BCUT2D eigenvalue weighted by Crippen LogP contribution is -2.32. The van der Waals surface area contributed by atoms with Crippen molar-refractivity contribution in [2.75, 3.05) is 17.3 Å². The number of thioether (sulfide) groups is 1. The van der Waals surface area contributed by atoms with Crippen LogP contribution in [0.25, 0.3) is 0 Å². The van der Waals surface area contributed by atoms with Crippen LogP contribution in [0.4, 0.5) is 0 Å². The lowest BCUT2D eigenvalue weighted by atomic mass is 10.4. The summed E-state index contributed by atoms with van der Waals surface area (Å²) in [6.07, 6.45) is -1.86. The minimum atomic E-state index is -1.00. The molecule has 0 heterocycles. The predicted octanol–water partition coefficient (Wildman–Crippen LogP) is -1.49. The molecule has 0 saturated carbocycles. The molecule has 0 bridgehead atoms. The second-order valence-electron chi connectivity index (χ2n) is 2.94. The first-order valence-corrected chi connectivity index (χ1v) is 7.94. The molecule has 16 heavy (non-hydrogen) atoms. The van der Waals surface area contributed by atoms with Gasteiger partial charge in [0.05, 0.1) is 6.04 Å². The van der Waals surface area contributed by atoms with E-state index in [4.69, 9.17) is 27.4 Å². The van der Waals surface area contributed by atoms with E-state index in [1.165, 1.54) is 21.6 Å². The SMILES string of the molecule is NC(O)CSSCC(N)C(=O)SCC(N)O. The Kier molecular flexibility index (Phi) is 9.85. The molecular formula is C7H17N3O3S3. The van der Waals surface area contributed by atoms with E-state index in [0.29, 0.717) is 11.5 Å². The Balaban J connectivity index is 3.55. The summed E-state index contributed by atoms with van der Waals surface area (Å²) in [5, 5.41) is 17.3. The van der Waals surface area contributed by atoms with Gasteiger partial charge in [-0.2, -0.15) is 0 Å². The van der Waals surface area contributed by atoms with Crippen LogP contribution >= 0.6 is 33.3 Å². The molecule has 3 atom stereocenters. The number of aliphatic hydroxyl groups excluding tert-OH is 2. The first kappa shape index (κ1) is 16.5. The smallest absolute Gasteiger partial charge is 0.206 e. The third-order valence-corrected chi connectivity index (χ3v) is 4.82. The molecule has 0 spiro atoms. The van der Waals surface area contributed by atoms with Crippen LogP contribution < -0.4 is 17.2 Å². The van der Waals surface area contributed by atoms with Gasteiger partial charge in [0.2, 0.25) is 5.12 Å². The van der Waals surface area contributed by atoms with Gasteiger partial charge in [-0.05, 0) is 0 Å². The van der Waals surface area contributed by atoms with Crippen LogP contribution in [0.2, 0.25) is 0 Å². The zero-order valence-corrected chi connectivity index (χ0v) is 11.1. The lowest BCUT2D eigenvalue weighted by molar-refractivity contribution is -0.111. The summed E-state index contributed by atoms with van der Waals surface area (Å²) in [7, 11) is 2.73. The lowest BCUT2D eigenvalue weighted by Gasteiger charge is -2.10. The molecule has 0 fully saturated rings. The number of nitrogens with two attached hydrogens (primary N) is 3. The molecule has 8 N–H and O–H groups in total. The van der Waals surface area contributed by atoms with Gasteiger partial charge in [-0.1, -0.05) is 33.3 Å². The molecule has 0 aromatic rings. The second-order valence-corrected chi connectivity index (χ2v) is 6.52. The van der Waals surface area contributed by atoms with Crippen molar-refractivity contribution in [1.29, 1.82) is 0 Å². The van der Waals surface area contributed by atoms with E-state index in [0.717, 1.165) is 11.8 Å². The first-order valence-electron chi connectivity index (χ1n) is 4.47. The van der Waals surface area contributed by atoms with Gasteiger partial charge in [0, 0.05) is 17.3 Å².